The molecule has 0 bridgehead atoms. The minimum Gasteiger partial charge on any atom is -0.493 e. The largest absolute Gasteiger partial charge is 0.493 e. The van der Waals surface area contributed by atoms with E-state index in [9.17, 15) is 9.59 Å². The molecule has 0 aromatic heterocycles. The molecule has 7 heteroatoms. The van der Waals surface area contributed by atoms with Crippen LogP contribution in [0.15, 0.2) is 24.3 Å². The Morgan fingerprint density at radius 1 is 1.32 bits per heavy atom. The van der Waals surface area contributed by atoms with E-state index in [0.29, 0.717) is 39.3 Å². The highest BCUT2D eigenvalue weighted by Crippen LogP contribution is 2.34. The summed E-state index contributed by atoms with van der Waals surface area (Å²) in [4.78, 5) is 27.4. The van der Waals surface area contributed by atoms with E-state index >= 15 is 0 Å². The maximum Gasteiger partial charge on any atom is 0.317 e. The minimum atomic E-state index is -0.870. The van der Waals surface area contributed by atoms with E-state index < -0.39 is 5.97 Å². The average molecular weight is 348 g/mol. The van der Waals surface area contributed by atoms with Gasteiger partial charge in [0.15, 0.2) is 0 Å². The van der Waals surface area contributed by atoms with Crippen LogP contribution in [0, 0.1) is 0 Å². The van der Waals surface area contributed by atoms with Crippen molar-refractivity contribution in [2.24, 2.45) is 0 Å². The third-order valence-corrected chi connectivity index (χ3v) is 4.63. The summed E-state index contributed by atoms with van der Waals surface area (Å²) >= 11 is 0. The van der Waals surface area contributed by atoms with Gasteiger partial charge in [0.1, 0.15) is 5.75 Å². The molecule has 7 nitrogen and oxygen atoms in total. The van der Waals surface area contributed by atoms with Crippen LogP contribution < -0.4 is 4.74 Å². The first-order valence-electron chi connectivity index (χ1n) is 8.57. The molecule has 2 aliphatic rings. The molecule has 2 atom stereocenters. The molecule has 0 aliphatic carbocycles. The zero-order valence-corrected chi connectivity index (χ0v) is 14.4. The summed E-state index contributed by atoms with van der Waals surface area (Å²) in [6.45, 7) is 2.52. The standard InChI is InChI=1S/C18H24N2O5/c1-19(12-17(21)22)10-13-11-20(7-9-24-13)18(23)15-6-8-25-16-5-3-2-4-14(15)16/h2-5,13,15H,6-12H2,1H3,(H,21,22). The molecule has 1 aromatic carbocycles. The molecular weight excluding hydrogens is 324 g/mol. The Hall–Kier alpha value is -2.12. The van der Waals surface area contributed by atoms with Gasteiger partial charge >= 0.3 is 5.97 Å². The van der Waals surface area contributed by atoms with Gasteiger partial charge in [-0.1, -0.05) is 18.2 Å². The van der Waals surface area contributed by atoms with Crippen molar-refractivity contribution < 1.29 is 24.2 Å². The van der Waals surface area contributed by atoms with Gasteiger partial charge < -0.3 is 19.5 Å². The number of ether oxygens (including phenoxy) is 2. The smallest absolute Gasteiger partial charge is 0.317 e. The fourth-order valence-electron chi connectivity index (χ4n) is 3.49. The molecule has 3 rings (SSSR count). The highest BCUT2D eigenvalue weighted by atomic mass is 16.5. The van der Waals surface area contributed by atoms with Crippen LogP contribution in [-0.2, 0) is 14.3 Å². The number of aliphatic carboxylic acids is 1. The predicted octanol–water partition coefficient (Wildman–Crippen LogP) is 0.797. The van der Waals surface area contributed by atoms with E-state index in [1.54, 1.807) is 11.9 Å². The number of carboxylic acids is 1. The third kappa shape index (κ3) is 4.29. The van der Waals surface area contributed by atoms with Crippen LogP contribution in [0.25, 0.3) is 0 Å². The lowest BCUT2D eigenvalue weighted by molar-refractivity contribution is -0.143. The molecule has 2 heterocycles. The highest BCUT2D eigenvalue weighted by Gasteiger charge is 2.33. The number of hydrogen-bond acceptors (Lipinski definition) is 5. The van der Waals surface area contributed by atoms with Crippen LogP contribution in [0.5, 0.6) is 5.75 Å². The summed E-state index contributed by atoms with van der Waals surface area (Å²) in [7, 11) is 1.74. The normalized spacial score (nSPS) is 23.0. The molecule has 2 unspecified atom stereocenters. The number of likely N-dealkylation sites (N-methyl/N-ethyl adjacent to an activating group) is 1. The van der Waals surface area contributed by atoms with Crippen molar-refractivity contribution in [3.05, 3.63) is 29.8 Å². The number of benzene rings is 1. The van der Waals surface area contributed by atoms with Crippen molar-refractivity contribution in [1.82, 2.24) is 9.80 Å². The quantitative estimate of drug-likeness (QED) is 0.848. The van der Waals surface area contributed by atoms with Gasteiger partial charge in [0.2, 0.25) is 5.91 Å². The highest BCUT2D eigenvalue weighted by molar-refractivity contribution is 5.85. The lowest BCUT2D eigenvalue weighted by Crippen LogP contribution is -2.51. The van der Waals surface area contributed by atoms with Crippen LogP contribution >= 0.6 is 0 Å². The number of hydrogen-bond donors (Lipinski definition) is 1. The van der Waals surface area contributed by atoms with E-state index in [1.165, 1.54) is 0 Å². The Kier molecular flexibility index (Phi) is 5.55. The molecule has 1 saturated heterocycles. The van der Waals surface area contributed by atoms with E-state index in [1.807, 2.05) is 29.2 Å². The summed E-state index contributed by atoms with van der Waals surface area (Å²) in [5.41, 5.74) is 0.949. The molecule has 136 valence electrons. The molecule has 0 radical (unpaired) electrons. The molecule has 25 heavy (non-hydrogen) atoms. The summed E-state index contributed by atoms with van der Waals surface area (Å²) in [6.07, 6.45) is 0.508. The second-order valence-electron chi connectivity index (χ2n) is 6.60. The van der Waals surface area contributed by atoms with Crippen molar-refractivity contribution in [3.63, 3.8) is 0 Å². The van der Waals surface area contributed by atoms with Crippen molar-refractivity contribution >= 4 is 11.9 Å². The topological polar surface area (TPSA) is 79.3 Å². The Bertz CT molecular complexity index is 636. The van der Waals surface area contributed by atoms with Crippen molar-refractivity contribution in [1.29, 1.82) is 0 Å². The first kappa shape index (κ1) is 17.7. The lowest BCUT2D eigenvalue weighted by Gasteiger charge is -2.37. The first-order valence-corrected chi connectivity index (χ1v) is 8.57. The zero-order valence-electron chi connectivity index (χ0n) is 14.4. The second-order valence-corrected chi connectivity index (χ2v) is 6.60. The van der Waals surface area contributed by atoms with Gasteiger partial charge in [-0.25, -0.2) is 0 Å². The van der Waals surface area contributed by atoms with Gasteiger partial charge in [0.25, 0.3) is 0 Å². The number of fused-ring (bicyclic) bond motifs is 1. The van der Waals surface area contributed by atoms with Gasteiger partial charge in [-0.15, -0.1) is 0 Å². The van der Waals surface area contributed by atoms with Gasteiger partial charge in [0, 0.05) is 25.2 Å². The van der Waals surface area contributed by atoms with Gasteiger partial charge in [-0.05, 0) is 19.5 Å². The van der Waals surface area contributed by atoms with Crippen LogP contribution in [0.1, 0.15) is 17.9 Å². The van der Waals surface area contributed by atoms with E-state index in [2.05, 4.69) is 0 Å². The Morgan fingerprint density at radius 2 is 2.12 bits per heavy atom. The number of para-hydroxylation sites is 1. The molecule has 1 N–H and O–H groups in total. The maximum atomic E-state index is 13.0. The number of carbonyl (C=O) groups excluding carboxylic acids is 1. The Morgan fingerprint density at radius 3 is 2.92 bits per heavy atom. The fraction of sp³-hybridized carbons (Fsp3) is 0.556. The fourth-order valence-corrected chi connectivity index (χ4v) is 3.49. The molecule has 0 spiro atoms. The summed E-state index contributed by atoms with van der Waals surface area (Å²) in [6, 6.07) is 7.69. The van der Waals surface area contributed by atoms with Crippen LogP contribution in [0.4, 0.5) is 0 Å². The van der Waals surface area contributed by atoms with Gasteiger partial charge in [-0.3, -0.25) is 14.5 Å². The van der Waals surface area contributed by atoms with Crippen molar-refractivity contribution in [2.75, 3.05) is 46.4 Å². The number of morpholine rings is 1. The summed E-state index contributed by atoms with van der Waals surface area (Å²) in [5.74, 6) is -0.159. The lowest BCUT2D eigenvalue weighted by atomic mass is 9.91. The third-order valence-electron chi connectivity index (χ3n) is 4.63. The van der Waals surface area contributed by atoms with Gasteiger partial charge in [0.05, 0.1) is 31.8 Å². The molecule has 0 saturated carbocycles. The van der Waals surface area contributed by atoms with Gasteiger partial charge in [-0.2, -0.15) is 0 Å². The molecule has 1 fully saturated rings. The summed E-state index contributed by atoms with van der Waals surface area (Å²) in [5, 5.41) is 8.86. The van der Waals surface area contributed by atoms with Crippen LogP contribution in [0.3, 0.4) is 0 Å². The second kappa shape index (κ2) is 7.84. The van der Waals surface area contributed by atoms with Crippen molar-refractivity contribution in [2.45, 2.75) is 18.4 Å². The maximum absolute atomic E-state index is 13.0. The Balaban J connectivity index is 1.64. The molecule has 1 aromatic rings. The number of carbonyl (C=O) groups is 2. The Labute approximate surface area is 147 Å². The zero-order chi connectivity index (χ0) is 17.8. The number of nitrogens with zero attached hydrogens (tertiary/aromatic N) is 2. The van der Waals surface area contributed by atoms with Crippen molar-refractivity contribution in [3.8, 4) is 5.75 Å². The molecular formula is C18H24N2O5. The average Bonchev–Trinajstić information content (AvgIpc) is 2.60. The number of carboxylic acid groups (broad SMARTS) is 1. The molecule has 2 aliphatic heterocycles. The SMILES string of the molecule is CN(CC(=O)O)CC1CN(C(=O)C2CCOc3ccccc32)CCO1. The predicted molar refractivity (Wildman–Crippen MR) is 90.7 cm³/mol. The summed E-state index contributed by atoms with van der Waals surface area (Å²) < 4.78 is 11.4. The van der Waals surface area contributed by atoms with Crippen LogP contribution in [0.2, 0.25) is 0 Å². The number of rotatable bonds is 5. The molecule has 1 amide bonds. The minimum absolute atomic E-state index is 0.0405. The van der Waals surface area contributed by atoms with E-state index in [-0.39, 0.29) is 24.5 Å². The van der Waals surface area contributed by atoms with E-state index in [0.717, 1.165) is 11.3 Å². The monoisotopic (exact) mass is 348 g/mol. The first-order chi connectivity index (χ1) is 12.0. The number of amides is 1. The van der Waals surface area contributed by atoms with Crippen LogP contribution in [-0.4, -0.2) is 79.3 Å². The van der Waals surface area contributed by atoms with E-state index in [4.69, 9.17) is 14.6 Å².